The number of rotatable bonds is 9. The highest BCUT2D eigenvalue weighted by Gasteiger charge is 2.29. The Morgan fingerprint density at radius 2 is 1.76 bits per heavy atom. The molecule has 0 atom stereocenters. The average molecular weight is 508 g/mol. The first-order valence-corrected chi connectivity index (χ1v) is 13.1. The summed E-state index contributed by atoms with van der Waals surface area (Å²) in [6.07, 6.45) is 6.93. The molecule has 1 saturated heterocycles. The summed E-state index contributed by atoms with van der Waals surface area (Å²) in [4.78, 5) is 12.0. The van der Waals surface area contributed by atoms with Crippen molar-refractivity contribution >= 4 is 5.69 Å². The summed E-state index contributed by atoms with van der Waals surface area (Å²) in [6, 6.07) is 7.89. The van der Waals surface area contributed by atoms with E-state index in [1.54, 1.807) is 6.20 Å². The van der Waals surface area contributed by atoms with Crippen molar-refractivity contribution in [2.45, 2.75) is 53.9 Å². The topological polar surface area (TPSA) is 67.7 Å². The number of benzene rings is 1. The second-order valence-electron chi connectivity index (χ2n) is 11.0. The first kappa shape index (κ1) is 26.7. The maximum Gasteiger partial charge on any atom is 0.196 e. The van der Waals surface area contributed by atoms with Crippen molar-refractivity contribution in [3.63, 3.8) is 0 Å². The SMILES string of the molecule is Cc1ncc(-c2ccc(OCCOc3c(O)cccc3F)cn2)c(N2CCC(C)(C)CC2)c1CC(C)C. The Balaban J connectivity index is 1.51. The largest absolute Gasteiger partial charge is 0.504 e. The first-order chi connectivity index (χ1) is 17.6. The standard InChI is InChI=1S/C30H38FN3O3/c1-20(2)17-23-21(3)32-19-24(28(23)34-13-11-30(4,5)12-14-34)26-10-9-22(18-33-26)36-15-16-37-29-25(31)7-6-8-27(29)35/h6-10,18-20,35H,11-17H2,1-5H3. The van der Waals surface area contributed by atoms with Gasteiger partial charge in [0, 0.05) is 30.5 Å². The number of piperidine rings is 1. The van der Waals surface area contributed by atoms with E-state index in [1.165, 1.54) is 29.4 Å². The van der Waals surface area contributed by atoms with Gasteiger partial charge in [-0.2, -0.15) is 0 Å². The van der Waals surface area contributed by atoms with Crippen molar-refractivity contribution in [3.05, 3.63) is 59.8 Å². The van der Waals surface area contributed by atoms with E-state index in [0.717, 1.165) is 49.3 Å². The first-order valence-electron chi connectivity index (χ1n) is 13.1. The van der Waals surface area contributed by atoms with Gasteiger partial charge in [0.2, 0.25) is 0 Å². The molecule has 1 N–H and O–H groups in total. The fourth-order valence-electron chi connectivity index (χ4n) is 4.74. The van der Waals surface area contributed by atoms with E-state index in [0.29, 0.717) is 17.1 Å². The van der Waals surface area contributed by atoms with Crippen LogP contribution in [0.5, 0.6) is 17.2 Å². The van der Waals surface area contributed by atoms with Gasteiger partial charge >= 0.3 is 0 Å². The van der Waals surface area contributed by atoms with Crippen LogP contribution in [0.2, 0.25) is 0 Å². The fourth-order valence-corrected chi connectivity index (χ4v) is 4.74. The van der Waals surface area contributed by atoms with Gasteiger partial charge in [0.25, 0.3) is 0 Å². The van der Waals surface area contributed by atoms with E-state index in [2.05, 4.69) is 39.5 Å². The number of aryl methyl sites for hydroxylation is 1. The van der Waals surface area contributed by atoms with Crippen LogP contribution in [0.1, 0.15) is 51.8 Å². The number of aromatic nitrogens is 2. The van der Waals surface area contributed by atoms with Crippen molar-refractivity contribution in [2.75, 3.05) is 31.2 Å². The predicted molar refractivity (Wildman–Crippen MR) is 145 cm³/mol. The molecular weight excluding hydrogens is 469 g/mol. The van der Waals surface area contributed by atoms with Crippen molar-refractivity contribution in [3.8, 4) is 28.5 Å². The summed E-state index contributed by atoms with van der Waals surface area (Å²) >= 11 is 0. The number of phenols is 1. The van der Waals surface area contributed by atoms with Gasteiger partial charge in [-0.3, -0.25) is 9.97 Å². The van der Waals surface area contributed by atoms with Crippen LogP contribution in [0.3, 0.4) is 0 Å². The number of ether oxygens (including phenoxy) is 2. The molecular formula is C30H38FN3O3. The second-order valence-corrected chi connectivity index (χ2v) is 11.0. The summed E-state index contributed by atoms with van der Waals surface area (Å²) in [6.45, 7) is 13.6. The number of halogens is 1. The minimum Gasteiger partial charge on any atom is -0.504 e. The minimum absolute atomic E-state index is 0.0894. The number of hydrogen-bond donors (Lipinski definition) is 1. The van der Waals surface area contributed by atoms with Gasteiger partial charge in [0.05, 0.1) is 17.6 Å². The molecule has 1 aliphatic rings. The normalized spacial score (nSPS) is 15.2. The van der Waals surface area contributed by atoms with E-state index in [-0.39, 0.29) is 24.7 Å². The molecule has 1 aromatic carbocycles. The molecule has 3 aromatic rings. The molecule has 0 amide bonds. The summed E-state index contributed by atoms with van der Waals surface area (Å²) in [5.74, 6) is 0.101. The van der Waals surface area contributed by atoms with Gasteiger partial charge in [-0.05, 0) is 67.3 Å². The Labute approximate surface area is 219 Å². The van der Waals surface area contributed by atoms with Crippen LogP contribution in [0.15, 0.2) is 42.7 Å². The van der Waals surface area contributed by atoms with Gasteiger partial charge in [-0.25, -0.2) is 4.39 Å². The van der Waals surface area contributed by atoms with Crippen LogP contribution in [0, 0.1) is 24.1 Å². The Bertz CT molecular complexity index is 1180. The lowest BCUT2D eigenvalue weighted by Gasteiger charge is -2.40. The number of pyridine rings is 2. The molecule has 0 bridgehead atoms. The number of hydrogen-bond acceptors (Lipinski definition) is 6. The fraction of sp³-hybridized carbons (Fsp3) is 0.467. The van der Waals surface area contributed by atoms with E-state index in [9.17, 15) is 9.50 Å². The molecule has 1 aliphatic heterocycles. The third kappa shape index (κ3) is 6.51. The summed E-state index contributed by atoms with van der Waals surface area (Å²) in [7, 11) is 0. The molecule has 0 radical (unpaired) electrons. The van der Waals surface area contributed by atoms with Gasteiger partial charge < -0.3 is 19.5 Å². The third-order valence-electron chi connectivity index (χ3n) is 6.97. The van der Waals surface area contributed by atoms with Crippen LogP contribution in [-0.4, -0.2) is 41.4 Å². The molecule has 0 unspecified atom stereocenters. The van der Waals surface area contributed by atoms with Crippen molar-refractivity contribution in [1.82, 2.24) is 9.97 Å². The zero-order valence-corrected chi connectivity index (χ0v) is 22.6. The number of anilines is 1. The van der Waals surface area contributed by atoms with Gasteiger partial charge in [0.15, 0.2) is 17.3 Å². The Morgan fingerprint density at radius 3 is 2.41 bits per heavy atom. The molecule has 2 aromatic heterocycles. The molecule has 0 saturated carbocycles. The lowest BCUT2D eigenvalue weighted by atomic mass is 9.82. The molecule has 7 heteroatoms. The zero-order chi connectivity index (χ0) is 26.6. The lowest BCUT2D eigenvalue weighted by molar-refractivity contribution is 0.205. The zero-order valence-electron chi connectivity index (χ0n) is 22.6. The van der Waals surface area contributed by atoms with Crippen LogP contribution in [0.4, 0.5) is 10.1 Å². The van der Waals surface area contributed by atoms with Gasteiger partial charge in [-0.15, -0.1) is 0 Å². The molecule has 37 heavy (non-hydrogen) atoms. The number of nitrogens with zero attached hydrogens (tertiary/aromatic N) is 3. The monoisotopic (exact) mass is 507 g/mol. The summed E-state index contributed by atoms with van der Waals surface area (Å²) < 4.78 is 24.9. The third-order valence-corrected chi connectivity index (χ3v) is 6.97. The highest BCUT2D eigenvalue weighted by Crippen LogP contribution is 2.40. The van der Waals surface area contributed by atoms with Crippen LogP contribution in [0.25, 0.3) is 11.3 Å². The van der Waals surface area contributed by atoms with Crippen LogP contribution < -0.4 is 14.4 Å². The number of phenolic OH excluding ortho intramolecular Hbond substituents is 1. The smallest absolute Gasteiger partial charge is 0.196 e. The quantitative estimate of drug-likeness (QED) is 0.330. The second kappa shape index (κ2) is 11.4. The summed E-state index contributed by atoms with van der Waals surface area (Å²) in [5, 5.41) is 9.75. The maximum absolute atomic E-state index is 13.8. The molecule has 4 rings (SSSR count). The van der Waals surface area contributed by atoms with Crippen LogP contribution >= 0.6 is 0 Å². The molecule has 0 spiro atoms. The maximum atomic E-state index is 13.8. The van der Waals surface area contributed by atoms with E-state index in [4.69, 9.17) is 19.4 Å². The Morgan fingerprint density at radius 1 is 1.03 bits per heavy atom. The Kier molecular flexibility index (Phi) is 8.20. The van der Waals surface area contributed by atoms with E-state index in [1.807, 2.05) is 18.3 Å². The Hall–Kier alpha value is -3.35. The van der Waals surface area contributed by atoms with E-state index < -0.39 is 5.82 Å². The molecule has 6 nitrogen and oxygen atoms in total. The minimum atomic E-state index is -0.609. The van der Waals surface area contributed by atoms with Gasteiger partial charge in [0.1, 0.15) is 19.0 Å². The van der Waals surface area contributed by atoms with Crippen molar-refractivity contribution in [1.29, 1.82) is 0 Å². The van der Waals surface area contributed by atoms with E-state index >= 15 is 0 Å². The predicted octanol–water partition coefficient (Wildman–Crippen LogP) is 6.58. The number of para-hydroxylation sites is 1. The number of aromatic hydroxyl groups is 1. The highest BCUT2D eigenvalue weighted by molar-refractivity contribution is 5.79. The average Bonchev–Trinajstić information content (AvgIpc) is 2.85. The molecule has 1 fully saturated rings. The molecule has 198 valence electrons. The lowest BCUT2D eigenvalue weighted by Crippen LogP contribution is -2.38. The van der Waals surface area contributed by atoms with Crippen molar-refractivity contribution < 1.29 is 19.0 Å². The molecule has 3 heterocycles. The van der Waals surface area contributed by atoms with Crippen molar-refractivity contribution in [2.24, 2.45) is 11.3 Å². The highest BCUT2D eigenvalue weighted by atomic mass is 19.1. The van der Waals surface area contributed by atoms with Gasteiger partial charge in [-0.1, -0.05) is 33.8 Å². The molecule has 0 aliphatic carbocycles. The van der Waals surface area contributed by atoms with Crippen LogP contribution in [-0.2, 0) is 6.42 Å². The summed E-state index contributed by atoms with van der Waals surface area (Å²) in [5.41, 5.74) is 5.92.